The van der Waals surface area contributed by atoms with Gasteiger partial charge in [-0.05, 0) is 18.2 Å². The maximum atomic E-state index is 13.0. The minimum atomic E-state index is -4.72. The Labute approximate surface area is 121 Å². The number of methoxy groups -OCH3 is 1. The summed E-state index contributed by atoms with van der Waals surface area (Å²) in [6, 6.07) is 4.78. The van der Waals surface area contributed by atoms with E-state index >= 15 is 0 Å². The number of ether oxygens (including phenoxy) is 1. The highest BCUT2D eigenvalue weighted by Gasteiger charge is 2.35. The van der Waals surface area contributed by atoms with Crippen LogP contribution in [-0.2, 0) is 6.18 Å². The number of alkyl halides is 3. The molecule has 112 valence electrons. The molecule has 0 saturated carbocycles. The number of hydrogen-bond donors (Lipinski definition) is 1. The van der Waals surface area contributed by atoms with Crippen LogP contribution >= 0.6 is 11.6 Å². The van der Waals surface area contributed by atoms with Gasteiger partial charge in [-0.1, -0.05) is 11.6 Å². The second-order valence-electron chi connectivity index (χ2n) is 3.87. The summed E-state index contributed by atoms with van der Waals surface area (Å²) in [5, 5.41) is 2.41. The van der Waals surface area contributed by atoms with Gasteiger partial charge < -0.3 is 10.1 Å². The summed E-state index contributed by atoms with van der Waals surface area (Å²) < 4.78 is 55.7. The molecule has 0 amide bonds. The van der Waals surface area contributed by atoms with E-state index in [2.05, 4.69) is 15.3 Å². The van der Waals surface area contributed by atoms with Crippen LogP contribution in [0.2, 0.25) is 5.02 Å². The average Bonchev–Trinajstić information content (AvgIpc) is 2.41. The molecule has 0 aliphatic carbocycles. The van der Waals surface area contributed by atoms with E-state index in [0.717, 1.165) is 6.07 Å². The van der Waals surface area contributed by atoms with Gasteiger partial charge in [0.1, 0.15) is 11.6 Å². The maximum Gasteiger partial charge on any atom is 0.451 e. The summed E-state index contributed by atoms with van der Waals surface area (Å²) in [6.07, 6.45) is -4.72. The van der Waals surface area contributed by atoms with E-state index in [4.69, 9.17) is 16.3 Å². The Hall–Kier alpha value is -2.09. The molecule has 0 unspecified atom stereocenters. The van der Waals surface area contributed by atoms with E-state index in [9.17, 15) is 17.6 Å². The molecule has 0 aliphatic heterocycles. The zero-order valence-corrected chi connectivity index (χ0v) is 11.3. The van der Waals surface area contributed by atoms with Crippen molar-refractivity contribution in [2.75, 3.05) is 12.4 Å². The van der Waals surface area contributed by atoms with E-state index < -0.39 is 17.8 Å². The monoisotopic (exact) mass is 321 g/mol. The van der Waals surface area contributed by atoms with E-state index in [1.165, 1.54) is 25.3 Å². The average molecular weight is 322 g/mol. The van der Waals surface area contributed by atoms with Crippen LogP contribution in [-0.4, -0.2) is 17.1 Å². The molecule has 2 aromatic rings. The molecule has 1 aromatic carbocycles. The van der Waals surface area contributed by atoms with Gasteiger partial charge in [-0.2, -0.15) is 18.2 Å². The number of aromatic nitrogens is 2. The van der Waals surface area contributed by atoms with E-state index in [1.807, 2.05) is 0 Å². The molecule has 0 bridgehead atoms. The number of hydrogen-bond acceptors (Lipinski definition) is 4. The third kappa shape index (κ3) is 3.72. The number of nitrogens with zero attached hydrogens (tertiary/aromatic N) is 2. The first-order valence-electron chi connectivity index (χ1n) is 5.52. The molecule has 0 atom stereocenters. The Morgan fingerprint density at radius 2 is 1.90 bits per heavy atom. The van der Waals surface area contributed by atoms with Crippen LogP contribution in [0.1, 0.15) is 5.82 Å². The lowest BCUT2D eigenvalue weighted by Gasteiger charge is -2.11. The third-order valence-corrected chi connectivity index (χ3v) is 2.65. The highest BCUT2D eigenvalue weighted by molar-refractivity contribution is 6.31. The van der Waals surface area contributed by atoms with E-state index in [0.29, 0.717) is 0 Å². The second kappa shape index (κ2) is 5.72. The molecule has 9 heteroatoms. The lowest BCUT2D eigenvalue weighted by atomic mass is 10.3. The first-order valence-corrected chi connectivity index (χ1v) is 5.90. The highest BCUT2D eigenvalue weighted by atomic mass is 35.5. The molecule has 0 fully saturated rings. The molecule has 1 N–H and O–H groups in total. The summed E-state index contributed by atoms with van der Waals surface area (Å²) in [5.74, 6) is -2.40. The van der Waals surface area contributed by atoms with Gasteiger partial charge in [0.2, 0.25) is 11.7 Å². The Morgan fingerprint density at radius 1 is 1.19 bits per heavy atom. The fraction of sp³-hybridized carbons (Fsp3) is 0.167. The molecule has 0 spiro atoms. The molecular formula is C12H8ClF4N3O. The van der Waals surface area contributed by atoms with Gasteiger partial charge in [0.05, 0.1) is 12.1 Å². The van der Waals surface area contributed by atoms with Crippen molar-refractivity contribution in [2.45, 2.75) is 6.18 Å². The predicted octanol–water partition coefficient (Wildman–Crippen LogP) is 4.04. The number of anilines is 2. The van der Waals surface area contributed by atoms with Crippen LogP contribution in [0, 0.1) is 5.82 Å². The fourth-order valence-corrected chi connectivity index (χ4v) is 1.62. The quantitative estimate of drug-likeness (QED) is 0.867. The van der Waals surface area contributed by atoms with Crippen LogP contribution in [0.25, 0.3) is 0 Å². The Kier molecular flexibility index (Phi) is 4.17. The zero-order valence-electron chi connectivity index (χ0n) is 10.5. The van der Waals surface area contributed by atoms with Crippen molar-refractivity contribution in [3.8, 4) is 5.88 Å². The summed E-state index contributed by atoms with van der Waals surface area (Å²) in [6.45, 7) is 0. The van der Waals surface area contributed by atoms with Gasteiger partial charge >= 0.3 is 6.18 Å². The van der Waals surface area contributed by atoms with Gasteiger partial charge in [0.25, 0.3) is 0 Å². The maximum absolute atomic E-state index is 13.0. The van der Waals surface area contributed by atoms with Crippen LogP contribution in [0.5, 0.6) is 5.88 Å². The molecule has 0 radical (unpaired) electrons. The summed E-state index contributed by atoms with van der Waals surface area (Å²) >= 11 is 5.59. The molecule has 0 saturated heterocycles. The number of rotatable bonds is 3. The third-order valence-electron chi connectivity index (χ3n) is 2.36. The van der Waals surface area contributed by atoms with Gasteiger partial charge in [-0.25, -0.2) is 9.37 Å². The van der Waals surface area contributed by atoms with Crippen LogP contribution in [0.4, 0.5) is 29.1 Å². The molecule has 4 nitrogen and oxygen atoms in total. The summed E-state index contributed by atoms with van der Waals surface area (Å²) in [7, 11) is 1.18. The lowest BCUT2D eigenvalue weighted by Crippen LogP contribution is -2.13. The lowest BCUT2D eigenvalue weighted by molar-refractivity contribution is -0.145. The summed E-state index contributed by atoms with van der Waals surface area (Å²) in [4.78, 5) is 6.55. The molecule has 2 rings (SSSR count). The highest BCUT2D eigenvalue weighted by Crippen LogP contribution is 2.30. The van der Waals surface area contributed by atoms with Crippen molar-refractivity contribution in [1.29, 1.82) is 0 Å². The molecule has 1 aromatic heterocycles. The Morgan fingerprint density at radius 3 is 2.48 bits per heavy atom. The largest absolute Gasteiger partial charge is 0.481 e. The first kappa shape index (κ1) is 15.3. The van der Waals surface area contributed by atoms with Crippen molar-refractivity contribution in [2.24, 2.45) is 0 Å². The number of benzene rings is 1. The van der Waals surface area contributed by atoms with Crippen molar-refractivity contribution < 1.29 is 22.3 Å². The smallest absolute Gasteiger partial charge is 0.451 e. The van der Waals surface area contributed by atoms with Crippen LogP contribution in [0.3, 0.4) is 0 Å². The van der Waals surface area contributed by atoms with Gasteiger partial charge in [0.15, 0.2) is 0 Å². The number of halogens is 5. The zero-order chi connectivity index (χ0) is 15.6. The van der Waals surface area contributed by atoms with Crippen molar-refractivity contribution in [3.05, 3.63) is 40.9 Å². The SMILES string of the molecule is COc1cc(Nc2ccc(F)c(Cl)c2)nc(C(F)(F)F)n1. The second-order valence-corrected chi connectivity index (χ2v) is 4.28. The summed E-state index contributed by atoms with van der Waals surface area (Å²) in [5.41, 5.74) is 0.273. The standard InChI is InChI=1S/C12H8ClF4N3O/c1-21-10-5-9(19-11(20-10)12(15,16)17)18-6-2-3-8(14)7(13)4-6/h2-5H,1H3,(H,18,19,20). The Balaban J connectivity index is 2.36. The van der Waals surface area contributed by atoms with Crippen molar-refractivity contribution in [1.82, 2.24) is 9.97 Å². The minimum Gasteiger partial charge on any atom is -0.481 e. The first-order chi connectivity index (χ1) is 9.79. The fourth-order valence-electron chi connectivity index (χ4n) is 1.44. The molecule has 1 heterocycles. The minimum absolute atomic E-state index is 0.156. The van der Waals surface area contributed by atoms with Crippen LogP contribution in [0.15, 0.2) is 24.3 Å². The van der Waals surface area contributed by atoms with Gasteiger partial charge in [0, 0.05) is 11.8 Å². The van der Waals surface area contributed by atoms with Crippen molar-refractivity contribution in [3.63, 3.8) is 0 Å². The van der Waals surface area contributed by atoms with Crippen LogP contribution < -0.4 is 10.1 Å². The normalized spacial score (nSPS) is 11.3. The molecule has 21 heavy (non-hydrogen) atoms. The Bertz CT molecular complexity index is 663. The topological polar surface area (TPSA) is 47.0 Å². The van der Waals surface area contributed by atoms with E-state index in [-0.39, 0.29) is 22.4 Å². The predicted molar refractivity (Wildman–Crippen MR) is 68.3 cm³/mol. The molecule has 0 aliphatic rings. The van der Waals surface area contributed by atoms with E-state index in [1.54, 1.807) is 0 Å². The van der Waals surface area contributed by atoms with Gasteiger partial charge in [-0.3, -0.25) is 0 Å². The van der Waals surface area contributed by atoms with Gasteiger partial charge in [-0.15, -0.1) is 0 Å². The van der Waals surface area contributed by atoms with Crippen molar-refractivity contribution >= 4 is 23.1 Å². The molecular weight excluding hydrogens is 314 g/mol. The number of nitrogens with one attached hydrogen (secondary N) is 1.